The molecule has 1 aliphatic rings. The Morgan fingerprint density at radius 2 is 2.15 bits per heavy atom. The maximum Gasteiger partial charge on any atom is 0.226 e. The first kappa shape index (κ1) is 17.4. The van der Waals surface area contributed by atoms with Crippen molar-refractivity contribution in [3.05, 3.63) is 0 Å². The molecule has 0 aromatic heterocycles. The second kappa shape index (κ2) is 9.32. The molecular weight excluding hydrogens is 254 g/mol. The molecule has 1 N–H and O–H groups in total. The Morgan fingerprint density at radius 3 is 2.75 bits per heavy atom. The minimum atomic E-state index is 0.0504. The van der Waals surface area contributed by atoms with Gasteiger partial charge in [0.25, 0.3) is 0 Å². The van der Waals surface area contributed by atoms with Gasteiger partial charge in [0.2, 0.25) is 5.91 Å². The molecule has 2 atom stereocenters. The largest absolute Gasteiger partial charge is 0.375 e. The fourth-order valence-electron chi connectivity index (χ4n) is 2.66. The van der Waals surface area contributed by atoms with E-state index < -0.39 is 0 Å². The van der Waals surface area contributed by atoms with E-state index >= 15 is 0 Å². The van der Waals surface area contributed by atoms with Gasteiger partial charge in [0.1, 0.15) is 0 Å². The van der Waals surface area contributed by atoms with Crippen LogP contribution in [-0.4, -0.2) is 74.7 Å². The minimum Gasteiger partial charge on any atom is -0.375 e. The second-order valence-corrected chi connectivity index (χ2v) is 5.55. The van der Waals surface area contributed by atoms with E-state index in [1.165, 1.54) is 0 Å². The Morgan fingerprint density at radius 1 is 1.45 bits per heavy atom. The zero-order valence-electron chi connectivity index (χ0n) is 13.5. The summed E-state index contributed by atoms with van der Waals surface area (Å²) < 4.78 is 5.91. The fourth-order valence-corrected chi connectivity index (χ4v) is 2.66. The Kier molecular flexibility index (Phi) is 8.11. The van der Waals surface area contributed by atoms with E-state index in [0.29, 0.717) is 0 Å². The highest BCUT2D eigenvalue weighted by Gasteiger charge is 2.29. The highest BCUT2D eigenvalue weighted by molar-refractivity contribution is 5.79. The lowest BCUT2D eigenvalue weighted by Gasteiger charge is -2.22. The van der Waals surface area contributed by atoms with E-state index in [0.717, 1.165) is 52.3 Å². The van der Waals surface area contributed by atoms with Crippen molar-refractivity contribution in [3.63, 3.8) is 0 Å². The van der Waals surface area contributed by atoms with Crippen molar-refractivity contribution >= 4 is 5.91 Å². The van der Waals surface area contributed by atoms with Crippen molar-refractivity contribution in [2.24, 2.45) is 5.92 Å². The molecule has 1 fully saturated rings. The van der Waals surface area contributed by atoms with Crippen molar-refractivity contribution < 1.29 is 9.53 Å². The third-order valence-corrected chi connectivity index (χ3v) is 4.04. The smallest absolute Gasteiger partial charge is 0.226 e. The lowest BCUT2D eigenvalue weighted by Crippen LogP contribution is -2.38. The van der Waals surface area contributed by atoms with E-state index in [1.807, 2.05) is 18.9 Å². The van der Waals surface area contributed by atoms with Crippen LogP contribution in [0.3, 0.4) is 0 Å². The first-order valence-electron chi connectivity index (χ1n) is 7.89. The van der Waals surface area contributed by atoms with Crippen molar-refractivity contribution in [2.45, 2.75) is 33.3 Å². The molecule has 5 heteroatoms. The third-order valence-electron chi connectivity index (χ3n) is 4.04. The molecule has 0 aliphatic carbocycles. The second-order valence-electron chi connectivity index (χ2n) is 5.55. The van der Waals surface area contributed by atoms with E-state index in [2.05, 4.69) is 24.1 Å². The van der Waals surface area contributed by atoms with Gasteiger partial charge in [-0.2, -0.15) is 0 Å². The number of nitrogens with one attached hydrogen (secondary N) is 1. The summed E-state index contributed by atoms with van der Waals surface area (Å²) in [5.41, 5.74) is 0. The molecule has 0 bridgehead atoms. The summed E-state index contributed by atoms with van der Waals surface area (Å²) in [5, 5.41) is 3.06. The van der Waals surface area contributed by atoms with Crippen LogP contribution in [0.15, 0.2) is 0 Å². The predicted octanol–water partition coefficient (Wildman–Crippen LogP) is 0.801. The molecule has 5 nitrogen and oxygen atoms in total. The standard InChI is InChI=1S/C15H31N3O2/c1-5-17(6-2)9-10-20-14-7-8-18(12-14)15(19)13(3)11-16-4/h13-14,16H,5-12H2,1-4H3. The molecule has 1 aliphatic heterocycles. The normalized spacial score (nSPS) is 20.6. The molecule has 0 saturated carbocycles. The first-order valence-corrected chi connectivity index (χ1v) is 7.89. The molecule has 0 aromatic carbocycles. The minimum absolute atomic E-state index is 0.0504. The maximum absolute atomic E-state index is 12.2. The Hall–Kier alpha value is -0.650. The average molecular weight is 285 g/mol. The number of hydrogen-bond acceptors (Lipinski definition) is 4. The molecule has 0 spiro atoms. The van der Waals surface area contributed by atoms with Crippen molar-refractivity contribution in [1.29, 1.82) is 0 Å². The zero-order valence-corrected chi connectivity index (χ0v) is 13.5. The highest BCUT2D eigenvalue weighted by atomic mass is 16.5. The molecule has 1 amide bonds. The Labute approximate surface area is 123 Å². The summed E-state index contributed by atoms with van der Waals surface area (Å²) in [7, 11) is 1.88. The molecular formula is C15H31N3O2. The summed E-state index contributed by atoms with van der Waals surface area (Å²) in [6.45, 7) is 12.5. The average Bonchev–Trinajstić information content (AvgIpc) is 2.92. The van der Waals surface area contributed by atoms with Crippen LogP contribution in [0.1, 0.15) is 27.2 Å². The molecule has 1 heterocycles. The quantitative estimate of drug-likeness (QED) is 0.681. The van der Waals surface area contributed by atoms with Gasteiger partial charge in [-0.3, -0.25) is 4.79 Å². The predicted molar refractivity (Wildman–Crippen MR) is 81.8 cm³/mol. The maximum atomic E-state index is 12.2. The number of carbonyl (C=O) groups is 1. The van der Waals surface area contributed by atoms with Crippen LogP contribution in [0.4, 0.5) is 0 Å². The van der Waals surface area contributed by atoms with Crippen LogP contribution in [0, 0.1) is 5.92 Å². The van der Waals surface area contributed by atoms with Gasteiger partial charge in [-0.15, -0.1) is 0 Å². The summed E-state index contributed by atoms with van der Waals surface area (Å²) >= 11 is 0. The van der Waals surface area contributed by atoms with Gasteiger partial charge in [0, 0.05) is 32.1 Å². The van der Waals surface area contributed by atoms with Gasteiger partial charge in [0.05, 0.1) is 12.7 Å². The van der Waals surface area contributed by atoms with Crippen LogP contribution < -0.4 is 5.32 Å². The van der Waals surface area contributed by atoms with Crippen LogP contribution in [-0.2, 0) is 9.53 Å². The molecule has 20 heavy (non-hydrogen) atoms. The topological polar surface area (TPSA) is 44.8 Å². The van der Waals surface area contributed by atoms with E-state index in [1.54, 1.807) is 0 Å². The van der Waals surface area contributed by atoms with Gasteiger partial charge < -0.3 is 19.9 Å². The number of hydrogen-bond donors (Lipinski definition) is 1. The molecule has 1 rings (SSSR count). The lowest BCUT2D eigenvalue weighted by molar-refractivity contribution is -0.134. The van der Waals surface area contributed by atoms with E-state index in [9.17, 15) is 4.79 Å². The zero-order chi connectivity index (χ0) is 15.0. The van der Waals surface area contributed by atoms with Crippen molar-refractivity contribution in [1.82, 2.24) is 15.1 Å². The molecule has 118 valence electrons. The Balaban J connectivity index is 2.24. The van der Waals surface area contributed by atoms with Gasteiger partial charge >= 0.3 is 0 Å². The number of likely N-dealkylation sites (tertiary alicyclic amines) is 1. The number of nitrogens with zero attached hydrogens (tertiary/aromatic N) is 2. The van der Waals surface area contributed by atoms with Crippen molar-refractivity contribution in [2.75, 3.05) is 52.9 Å². The summed E-state index contributed by atoms with van der Waals surface area (Å²) in [6, 6.07) is 0. The highest BCUT2D eigenvalue weighted by Crippen LogP contribution is 2.15. The van der Waals surface area contributed by atoms with E-state index in [-0.39, 0.29) is 17.9 Å². The van der Waals surface area contributed by atoms with Crippen LogP contribution in [0.5, 0.6) is 0 Å². The summed E-state index contributed by atoms with van der Waals surface area (Å²) in [6.07, 6.45) is 1.19. The Bertz CT molecular complexity index is 282. The van der Waals surface area contributed by atoms with Crippen LogP contribution in [0.2, 0.25) is 0 Å². The van der Waals surface area contributed by atoms with Gasteiger partial charge in [0.15, 0.2) is 0 Å². The number of ether oxygens (including phenoxy) is 1. The molecule has 2 unspecified atom stereocenters. The number of likely N-dealkylation sites (N-methyl/N-ethyl adjacent to an activating group) is 1. The molecule has 0 radical (unpaired) electrons. The first-order chi connectivity index (χ1) is 9.62. The lowest BCUT2D eigenvalue weighted by atomic mass is 10.1. The number of carbonyl (C=O) groups excluding carboxylic acids is 1. The molecule has 0 aromatic rings. The number of amides is 1. The van der Waals surface area contributed by atoms with Gasteiger partial charge in [-0.1, -0.05) is 20.8 Å². The van der Waals surface area contributed by atoms with Crippen LogP contribution in [0.25, 0.3) is 0 Å². The fraction of sp³-hybridized carbons (Fsp3) is 0.933. The summed E-state index contributed by atoms with van der Waals surface area (Å²) in [5.74, 6) is 0.295. The monoisotopic (exact) mass is 285 g/mol. The summed E-state index contributed by atoms with van der Waals surface area (Å²) in [4.78, 5) is 16.5. The van der Waals surface area contributed by atoms with Crippen molar-refractivity contribution in [3.8, 4) is 0 Å². The van der Waals surface area contributed by atoms with Gasteiger partial charge in [-0.25, -0.2) is 0 Å². The van der Waals surface area contributed by atoms with Crippen LogP contribution >= 0.6 is 0 Å². The molecule has 1 saturated heterocycles. The third kappa shape index (κ3) is 5.38. The SMILES string of the molecule is CCN(CC)CCOC1CCN(C(=O)C(C)CNC)C1. The van der Waals surface area contributed by atoms with E-state index in [4.69, 9.17) is 4.74 Å². The van der Waals surface area contributed by atoms with Gasteiger partial charge in [-0.05, 0) is 26.6 Å². The number of rotatable bonds is 9.